The number of likely N-dealkylation sites (N-methyl/N-ethyl adjacent to an activating group) is 1. The maximum Gasteiger partial charge on any atom is 0.220 e. The molecule has 6 nitrogen and oxygen atoms in total. The van der Waals surface area contributed by atoms with Gasteiger partial charge in [0.25, 0.3) is 0 Å². The van der Waals surface area contributed by atoms with Crippen LogP contribution in [0.2, 0.25) is 0 Å². The Balaban J connectivity index is 1.11. The molecule has 0 aliphatic carbocycles. The van der Waals surface area contributed by atoms with Crippen molar-refractivity contribution in [3.63, 3.8) is 0 Å². The second-order valence-electron chi connectivity index (χ2n) is 10.1. The van der Waals surface area contributed by atoms with Gasteiger partial charge in [-0.05, 0) is 49.8 Å². The zero-order valence-corrected chi connectivity index (χ0v) is 20.0. The van der Waals surface area contributed by atoms with Crippen LogP contribution in [0.5, 0.6) is 0 Å². The molecule has 1 aromatic carbocycles. The number of carbonyl (C=O) groups excluding carboxylic acids is 1. The van der Waals surface area contributed by atoms with Gasteiger partial charge >= 0.3 is 0 Å². The molecule has 32 heavy (non-hydrogen) atoms. The van der Waals surface area contributed by atoms with Crippen molar-refractivity contribution in [2.45, 2.75) is 45.2 Å². The van der Waals surface area contributed by atoms with Gasteiger partial charge in [0, 0.05) is 71.4 Å². The summed E-state index contributed by atoms with van der Waals surface area (Å²) in [6.07, 6.45) is 4.10. The number of nitrogens with one attached hydrogen (secondary N) is 2. The van der Waals surface area contributed by atoms with Crippen LogP contribution in [0, 0.1) is 11.8 Å². The third-order valence-corrected chi connectivity index (χ3v) is 7.71. The molecule has 3 heterocycles. The summed E-state index contributed by atoms with van der Waals surface area (Å²) in [5.74, 6) is 1.72. The molecule has 2 N–H and O–H groups in total. The first-order valence-corrected chi connectivity index (χ1v) is 12.9. The van der Waals surface area contributed by atoms with Gasteiger partial charge in [-0.3, -0.25) is 14.6 Å². The van der Waals surface area contributed by atoms with E-state index in [0.717, 1.165) is 83.6 Å². The third kappa shape index (κ3) is 7.01. The Morgan fingerprint density at radius 1 is 1.06 bits per heavy atom. The van der Waals surface area contributed by atoms with Crippen LogP contribution in [0.15, 0.2) is 30.3 Å². The van der Waals surface area contributed by atoms with Gasteiger partial charge < -0.3 is 15.5 Å². The summed E-state index contributed by atoms with van der Waals surface area (Å²) in [6.45, 7) is 14.3. The van der Waals surface area contributed by atoms with Crippen LogP contribution in [0.3, 0.4) is 0 Å². The zero-order valence-electron chi connectivity index (χ0n) is 20.0. The molecule has 4 rings (SSSR count). The molecule has 2 unspecified atom stereocenters. The minimum Gasteiger partial charge on any atom is -0.355 e. The summed E-state index contributed by atoms with van der Waals surface area (Å²) >= 11 is 0. The maximum atomic E-state index is 12.3. The number of hydrogen-bond donors (Lipinski definition) is 2. The van der Waals surface area contributed by atoms with E-state index in [-0.39, 0.29) is 5.91 Å². The van der Waals surface area contributed by atoms with E-state index in [0.29, 0.717) is 12.5 Å². The molecular weight excluding hydrogens is 398 g/mol. The normalized spacial score (nSPS) is 27.3. The molecule has 2 bridgehead atoms. The molecule has 178 valence electrons. The standard InChI is InChI=1S/C26H43N5O/c1-2-29-13-15-30(16-14-29)12-11-27-26(32)10-6-9-25-24-17-23(18-28-25)20-31(21-24)19-22-7-4-3-5-8-22/h3-5,7-8,23-25,28H,2,6,9-21H2,1H3,(H,27,32)/t23?,24?,25-/m1/s1. The average Bonchev–Trinajstić information content (AvgIpc) is 2.82. The summed E-state index contributed by atoms with van der Waals surface area (Å²) in [4.78, 5) is 19.9. The Morgan fingerprint density at radius 2 is 1.84 bits per heavy atom. The van der Waals surface area contributed by atoms with Crippen LogP contribution in [-0.2, 0) is 11.3 Å². The van der Waals surface area contributed by atoms with Crippen molar-refractivity contribution >= 4 is 5.91 Å². The summed E-state index contributed by atoms with van der Waals surface area (Å²) in [6, 6.07) is 11.4. The number of benzene rings is 1. The minimum atomic E-state index is 0.222. The highest BCUT2D eigenvalue weighted by atomic mass is 16.1. The maximum absolute atomic E-state index is 12.3. The van der Waals surface area contributed by atoms with Gasteiger partial charge in [-0.1, -0.05) is 37.3 Å². The molecule has 0 aromatic heterocycles. The molecule has 0 spiro atoms. The van der Waals surface area contributed by atoms with Gasteiger partial charge in [0.2, 0.25) is 5.91 Å². The van der Waals surface area contributed by atoms with Crippen molar-refractivity contribution < 1.29 is 4.79 Å². The molecule has 3 saturated heterocycles. The van der Waals surface area contributed by atoms with Crippen LogP contribution in [0.1, 0.15) is 38.2 Å². The van der Waals surface area contributed by atoms with E-state index in [1.54, 1.807) is 0 Å². The Hall–Kier alpha value is -1.47. The molecule has 3 fully saturated rings. The Labute approximate surface area is 194 Å². The van der Waals surface area contributed by atoms with Gasteiger partial charge in [0.05, 0.1) is 0 Å². The molecule has 3 aliphatic rings. The number of piperazine rings is 1. The van der Waals surface area contributed by atoms with Crippen molar-refractivity contribution in [1.82, 2.24) is 25.3 Å². The van der Waals surface area contributed by atoms with Crippen LogP contribution < -0.4 is 10.6 Å². The van der Waals surface area contributed by atoms with Crippen LogP contribution in [0.25, 0.3) is 0 Å². The SMILES string of the molecule is CCN1CCN(CCNC(=O)CCC[C@H]2NCC3CC2CN(Cc2ccccc2)C3)CC1. The van der Waals surface area contributed by atoms with Crippen LogP contribution >= 0.6 is 0 Å². The molecule has 3 atom stereocenters. The number of hydrogen-bond acceptors (Lipinski definition) is 5. The number of nitrogens with zero attached hydrogens (tertiary/aromatic N) is 3. The van der Waals surface area contributed by atoms with Crippen molar-refractivity contribution in [1.29, 1.82) is 0 Å². The smallest absolute Gasteiger partial charge is 0.220 e. The average molecular weight is 442 g/mol. The Morgan fingerprint density at radius 3 is 2.62 bits per heavy atom. The van der Waals surface area contributed by atoms with Crippen LogP contribution in [0.4, 0.5) is 0 Å². The summed E-state index contributed by atoms with van der Waals surface area (Å²) in [7, 11) is 0. The molecule has 1 aromatic rings. The van der Waals surface area contributed by atoms with E-state index in [1.807, 2.05) is 0 Å². The van der Waals surface area contributed by atoms with E-state index >= 15 is 0 Å². The van der Waals surface area contributed by atoms with Crippen molar-refractivity contribution in [2.75, 3.05) is 65.4 Å². The fraction of sp³-hybridized carbons (Fsp3) is 0.731. The lowest BCUT2D eigenvalue weighted by Crippen LogP contribution is -2.55. The van der Waals surface area contributed by atoms with Crippen molar-refractivity contribution in [3.05, 3.63) is 35.9 Å². The summed E-state index contributed by atoms with van der Waals surface area (Å²) in [5, 5.41) is 6.95. The number of carbonyl (C=O) groups is 1. The molecule has 6 heteroatoms. The number of fused-ring (bicyclic) bond motifs is 2. The number of piperidine rings is 2. The van der Waals surface area contributed by atoms with Gasteiger partial charge in [0.1, 0.15) is 0 Å². The Kier molecular flexibility index (Phi) is 8.97. The van der Waals surface area contributed by atoms with Gasteiger partial charge in [0.15, 0.2) is 0 Å². The van der Waals surface area contributed by atoms with E-state index in [4.69, 9.17) is 0 Å². The second-order valence-corrected chi connectivity index (χ2v) is 10.1. The lowest BCUT2D eigenvalue weighted by Gasteiger charge is -2.46. The largest absolute Gasteiger partial charge is 0.355 e. The number of likely N-dealkylation sites (tertiary alicyclic amines) is 1. The van der Waals surface area contributed by atoms with E-state index < -0.39 is 0 Å². The zero-order chi connectivity index (χ0) is 22.2. The predicted molar refractivity (Wildman–Crippen MR) is 131 cm³/mol. The molecule has 0 radical (unpaired) electrons. The highest BCUT2D eigenvalue weighted by Crippen LogP contribution is 2.31. The first-order chi connectivity index (χ1) is 15.7. The number of rotatable bonds is 10. The summed E-state index contributed by atoms with van der Waals surface area (Å²) in [5.41, 5.74) is 1.42. The summed E-state index contributed by atoms with van der Waals surface area (Å²) < 4.78 is 0. The number of amides is 1. The van der Waals surface area contributed by atoms with E-state index in [1.165, 1.54) is 25.1 Å². The third-order valence-electron chi connectivity index (χ3n) is 7.71. The van der Waals surface area contributed by atoms with Gasteiger partial charge in [-0.15, -0.1) is 0 Å². The van der Waals surface area contributed by atoms with Gasteiger partial charge in [-0.25, -0.2) is 0 Å². The lowest BCUT2D eigenvalue weighted by molar-refractivity contribution is -0.121. The molecule has 1 amide bonds. The van der Waals surface area contributed by atoms with Gasteiger partial charge in [-0.2, -0.15) is 0 Å². The van der Waals surface area contributed by atoms with Crippen molar-refractivity contribution in [2.24, 2.45) is 11.8 Å². The van der Waals surface area contributed by atoms with E-state index in [2.05, 4.69) is 62.6 Å². The minimum absolute atomic E-state index is 0.222. The van der Waals surface area contributed by atoms with E-state index in [9.17, 15) is 4.79 Å². The quantitative estimate of drug-likeness (QED) is 0.582. The Bertz CT molecular complexity index is 691. The topological polar surface area (TPSA) is 50.9 Å². The molecular formula is C26H43N5O. The lowest BCUT2D eigenvalue weighted by atomic mass is 9.79. The fourth-order valence-corrected chi connectivity index (χ4v) is 5.83. The monoisotopic (exact) mass is 441 g/mol. The van der Waals surface area contributed by atoms with Crippen molar-refractivity contribution in [3.8, 4) is 0 Å². The first kappa shape index (κ1) is 23.7. The molecule has 0 saturated carbocycles. The highest BCUT2D eigenvalue weighted by molar-refractivity contribution is 5.75. The fourth-order valence-electron chi connectivity index (χ4n) is 5.83. The predicted octanol–water partition coefficient (Wildman–Crippen LogP) is 2.02. The molecule has 3 aliphatic heterocycles. The second kappa shape index (κ2) is 12.1. The highest BCUT2D eigenvalue weighted by Gasteiger charge is 2.36. The van der Waals surface area contributed by atoms with Crippen LogP contribution in [-0.4, -0.2) is 92.1 Å². The first-order valence-electron chi connectivity index (χ1n) is 12.9.